The minimum absolute atomic E-state index is 0.318. The minimum Gasteiger partial charge on any atom is -0.353 e. The van der Waals surface area contributed by atoms with E-state index in [0.717, 1.165) is 55.5 Å². The summed E-state index contributed by atoms with van der Waals surface area (Å²) < 4.78 is 0. The molecule has 0 saturated carbocycles. The molecule has 0 unspecified atom stereocenters. The quantitative estimate of drug-likeness (QED) is 0.718. The molecular formula is C19H32N4O. The molecular weight excluding hydrogens is 300 g/mol. The van der Waals surface area contributed by atoms with Gasteiger partial charge in [-0.05, 0) is 27.2 Å². The molecule has 2 heterocycles. The van der Waals surface area contributed by atoms with E-state index in [4.69, 9.17) is 0 Å². The van der Waals surface area contributed by atoms with Crippen LogP contribution in [-0.4, -0.2) is 47.0 Å². The standard InChI is InChI=1S/C19H32N4O/c1-5-6-7-8-9-10-18(24)22-11-13-23(14-12-22)19-15(2)16(3)20-17(4)21-19/h5-14H2,1-4H3. The Labute approximate surface area is 146 Å². The normalized spacial score (nSPS) is 15.0. The lowest BCUT2D eigenvalue weighted by Gasteiger charge is -2.36. The SMILES string of the molecule is CCCCCCCC(=O)N1CCN(c2nc(C)nc(C)c2C)CC1. The maximum absolute atomic E-state index is 12.3. The summed E-state index contributed by atoms with van der Waals surface area (Å²) in [6.07, 6.45) is 6.69. The average molecular weight is 332 g/mol. The number of aryl methyl sites for hydroxylation is 2. The lowest BCUT2D eigenvalue weighted by atomic mass is 10.1. The summed E-state index contributed by atoms with van der Waals surface area (Å²) in [5.74, 6) is 2.17. The second kappa shape index (κ2) is 9.00. The van der Waals surface area contributed by atoms with Crippen LogP contribution >= 0.6 is 0 Å². The second-order valence-electron chi connectivity index (χ2n) is 6.84. The molecule has 1 fully saturated rings. The molecule has 5 heteroatoms. The fraction of sp³-hybridized carbons (Fsp3) is 0.737. The third kappa shape index (κ3) is 4.92. The number of nitrogens with zero attached hydrogens (tertiary/aromatic N) is 4. The number of aromatic nitrogens is 2. The number of carbonyl (C=O) groups excluding carboxylic acids is 1. The predicted molar refractivity (Wildman–Crippen MR) is 98.4 cm³/mol. The first-order chi connectivity index (χ1) is 11.5. The van der Waals surface area contributed by atoms with Crippen molar-refractivity contribution in [3.63, 3.8) is 0 Å². The molecule has 134 valence electrons. The highest BCUT2D eigenvalue weighted by atomic mass is 16.2. The molecule has 0 bridgehead atoms. The van der Waals surface area contributed by atoms with Gasteiger partial charge in [-0.3, -0.25) is 4.79 Å². The van der Waals surface area contributed by atoms with Crippen molar-refractivity contribution in [3.05, 3.63) is 17.1 Å². The molecule has 1 aliphatic heterocycles. The zero-order valence-electron chi connectivity index (χ0n) is 15.8. The van der Waals surface area contributed by atoms with E-state index in [0.29, 0.717) is 12.3 Å². The first-order valence-corrected chi connectivity index (χ1v) is 9.37. The summed E-state index contributed by atoms with van der Waals surface area (Å²) in [5.41, 5.74) is 2.19. The van der Waals surface area contributed by atoms with Crippen molar-refractivity contribution in [2.24, 2.45) is 0 Å². The van der Waals surface area contributed by atoms with Crippen molar-refractivity contribution < 1.29 is 4.79 Å². The number of unbranched alkanes of at least 4 members (excludes halogenated alkanes) is 4. The van der Waals surface area contributed by atoms with Crippen LogP contribution in [0.15, 0.2) is 0 Å². The summed E-state index contributed by atoms with van der Waals surface area (Å²) in [5, 5.41) is 0. The van der Waals surface area contributed by atoms with E-state index in [1.54, 1.807) is 0 Å². The molecule has 1 amide bonds. The molecule has 0 spiro atoms. The predicted octanol–water partition coefficient (Wildman–Crippen LogP) is 3.41. The van der Waals surface area contributed by atoms with E-state index >= 15 is 0 Å². The van der Waals surface area contributed by atoms with Crippen LogP contribution in [0.25, 0.3) is 0 Å². The lowest BCUT2D eigenvalue weighted by molar-refractivity contribution is -0.131. The molecule has 1 aromatic heterocycles. The molecule has 0 aliphatic carbocycles. The van der Waals surface area contributed by atoms with Gasteiger partial charge in [0.1, 0.15) is 11.6 Å². The Kier molecular flexibility index (Phi) is 7.00. The van der Waals surface area contributed by atoms with Crippen molar-refractivity contribution in [2.75, 3.05) is 31.1 Å². The Bertz CT molecular complexity index is 551. The van der Waals surface area contributed by atoms with E-state index < -0.39 is 0 Å². The van der Waals surface area contributed by atoms with Crippen molar-refractivity contribution in [1.29, 1.82) is 0 Å². The van der Waals surface area contributed by atoms with Crippen LogP contribution in [0.5, 0.6) is 0 Å². The van der Waals surface area contributed by atoms with Crippen LogP contribution in [0.1, 0.15) is 62.5 Å². The summed E-state index contributed by atoms with van der Waals surface area (Å²) in [4.78, 5) is 25.7. The second-order valence-corrected chi connectivity index (χ2v) is 6.84. The molecule has 0 radical (unpaired) electrons. The number of carbonyl (C=O) groups is 1. The van der Waals surface area contributed by atoms with Gasteiger partial charge >= 0.3 is 0 Å². The Morgan fingerprint density at radius 3 is 2.29 bits per heavy atom. The molecule has 1 saturated heterocycles. The van der Waals surface area contributed by atoms with Crippen LogP contribution in [0.4, 0.5) is 5.82 Å². The summed E-state index contributed by atoms with van der Waals surface area (Å²) >= 11 is 0. The van der Waals surface area contributed by atoms with Crippen LogP contribution in [0, 0.1) is 20.8 Å². The van der Waals surface area contributed by atoms with E-state index in [2.05, 4.69) is 28.7 Å². The molecule has 0 atom stereocenters. The number of anilines is 1. The summed E-state index contributed by atoms with van der Waals surface area (Å²) in [6, 6.07) is 0. The van der Waals surface area contributed by atoms with Crippen molar-refractivity contribution in [1.82, 2.24) is 14.9 Å². The topological polar surface area (TPSA) is 49.3 Å². The van der Waals surface area contributed by atoms with E-state index in [1.807, 2.05) is 18.7 Å². The summed E-state index contributed by atoms with van der Waals surface area (Å²) in [7, 11) is 0. The monoisotopic (exact) mass is 332 g/mol. The summed E-state index contributed by atoms with van der Waals surface area (Å²) in [6.45, 7) is 11.6. The third-order valence-corrected chi connectivity index (χ3v) is 4.90. The molecule has 2 rings (SSSR count). The largest absolute Gasteiger partial charge is 0.353 e. The average Bonchev–Trinajstić information content (AvgIpc) is 2.58. The molecule has 0 aromatic carbocycles. The van der Waals surface area contributed by atoms with Crippen LogP contribution in [0.2, 0.25) is 0 Å². The number of hydrogen-bond donors (Lipinski definition) is 0. The first kappa shape index (κ1) is 18.7. The number of hydrogen-bond acceptors (Lipinski definition) is 4. The molecule has 1 aliphatic rings. The van der Waals surface area contributed by atoms with Gasteiger partial charge in [0, 0.05) is 43.9 Å². The van der Waals surface area contributed by atoms with Crippen LogP contribution in [0.3, 0.4) is 0 Å². The number of amides is 1. The van der Waals surface area contributed by atoms with Gasteiger partial charge in [0.15, 0.2) is 0 Å². The van der Waals surface area contributed by atoms with E-state index in [-0.39, 0.29) is 0 Å². The van der Waals surface area contributed by atoms with E-state index in [1.165, 1.54) is 25.7 Å². The molecule has 24 heavy (non-hydrogen) atoms. The zero-order chi connectivity index (χ0) is 17.5. The maximum atomic E-state index is 12.3. The minimum atomic E-state index is 0.318. The first-order valence-electron chi connectivity index (χ1n) is 9.37. The van der Waals surface area contributed by atoms with Gasteiger partial charge in [-0.1, -0.05) is 32.6 Å². The van der Waals surface area contributed by atoms with Gasteiger partial charge in [0.25, 0.3) is 0 Å². The van der Waals surface area contributed by atoms with Gasteiger partial charge in [0.05, 0.1) is 0 Å². The molecule has 0 N–H and O–H groups in total. The van der Waals surface area contributed by atoms with Gasteiger partial charge in [0.2, 0.25) is 5.91 Å². The molecule has 1 aromatic rings. The lowest BCUT2D eigenvalue weighted by Crippen LogP contribution is -2.49. The molecule has 5 nitrogen and oxygen atoms in total. The zero-order valence-corrected chi connectivity index (χ0v) is 15.8. The Morgan fingerprint density at radius 1 is 0.958 bits per heavy atom. The van der Waals surface area contributed by atoms with Gasteiger partial charge < -0.3 is 9.80 Å². The Balaban J connectivity index is 1.82. The highest BCUT2D eigenvalue weighted by molar-refractivity contribution is 5.76. The highest BCUT2D eigenvalue weighted by Gasteiger charge is 2.23. The van der Waals surface area contributed by atoms with Crippen LogP contribution in [-0.2, 0) is 4.79 Å². The number of rotatable bonds is 7. The third-order valence-electron chi connectivity index (χ3n) is 4.90. The maximum Gasteiger partial charge on any atom is 0.222 e. The number of piperazine rings is 1. The van der Waals surface area contributed by atoms with Gasteiger partial charge in [-0.25, -0.2) is 9.97 Å². The Hall–Kier alpha value is -1.65. The Morgan fingerprint density at radius 2 is 1.62 bits per heavy atom. The fourth-order valence-corrected chi connectivity index (χ4v) is 3.26. The fourth-order valence-electron chi connectivity index (χ4n) is 3.26. The van der Waals surface area contributed by atoms with E-state index in [9.17, 15) is 4.79 Å². The van der Waals surface area contributed by atoms with Crippen LogP contribution < -0.4 is 4.90 Å². The highest BCUT2D eigenvalue weighted by Crippen LogP contribution is 2.21. The smallest absolute Gasteiger partial charge is 0.222 e. The van der Waals surface area contributed by atoms with Gasteiger partial charge in [-0.2, -0.15) is 0 Å². The van der Waals surface area contributed by atoms with Gasteiger partial charge in [-0.15, -0.1) is 0 Å². The van der Waals surface area contributed by atoms with Crippen molar-refractivity contribution >= 4 is 11.7 Å². The van der Waals surface area contributed by atoms with Crippen molar-refractivity contribution in [2.45, 2.75) is 66.2 Å². The van der Waals surface area contributed by atoms with Crippen molar-refractivity contribution in [3.8, 4) is 0 Å².